The molecule has 0 fully saturated rings. The molecule has 6 rings (SSSR count). The Morgan fingerprint density at radius 3 is 1.57 bits per heavy atom. The van der Waals surface area contributed by atoms with E-state index in [4.69, 9.17) is 9.97 Å². The number of benzene rings is 1. The van der Waals surface area contributed by atoms with E-state index in [2.05, 4.69) is 49.1 Å². The minimum Gasteiger partial charge on any atom is -0.508 e. The molecule has 0 aliphatic carbocycles. The highest BCUT2D eigenvalue weighted by molar-refractivity contribution is 5.97. The predicted octanol–water partition coefficient (Wildman–Crippen LogP) is 10.6. The Balaban J connectivity index is 0.000000422. The van der Waals surface area contributed by atoms with Gasteiger partial charge in [-0.1, -0.05) is 51.3 Å². The number of hydrogen-bond acceptors (Lipinski definition) is 5. The minimum atomic E-state index is -0.889. The van der Waals surface area contributed by atoms with Crippen molar-refractivity contribution in [2.45, 2.75) is 80.1 Å². The Hall–Kier alpha value is -5.96. The molecule has 0 radical (unpaired) electrons. The number of aryl methyl sites for hydroxylation is 3. The molecule has 4 aromatic rings. The van der Waals surface area contributed by atoms with Crippen LogP contribution < -0.4 is 0 Å². The number of carboxylic acids is 2. The number of carbonyl (C=O) groups is 2. The van der Waals surface area contributed by atoms with Crippen LogP contribution in [0.3, 0.4) is 0 Å². The average molecular weight is 713 g/mol. The minimum absolute atomic E-state index is 0.0367. The zero-order valence-electron chi connectivity index (χ0n) is 31.6. The van der Waals surface area contributed by atoms with Gasteiger partial charge in [0.1, 0.15) is 5.75 Å². The molecule has 0 saturated carbocycles. The van der Waals surface area contributed by atoms with Gasteiger partial charge in [-0.15, -0.1) is 0 Å². The number of nitrogens with zero attached hydrogens (tertiary/aromatic N) is 2. The lowest BCUT2D eigenvalue weighted by Gasteiger charge is -2.06. The number of nitrogens with one attached hydrogen (secondary N) is 2. The van der Waals surface area contributed by atoms with Crippen LogP contribution in [-0.2, 0) is 9.59 Å². The molecular weight excluding hydrogens is 665 g/mol. The summed E-state index contributed by atoms with van der Waals surface area (Å²) in [7, 11) is 0. The standard InChI is InChI=1S/C34H34N4O4.C10H14O/c1-7-21-17(3)25-13-26-19(5)23(9-11-33(39)40)31(37-26)16-32-24(10-12-34(41)42)20(6)28(38-32)15-30-22(8-2)18(4)27(36-30)14-29(21)35-25;1-7(2)9-5-4-8(3)10(11)6-9/h7-8,13-16,35-36H,1-2,9-12H2,3-6H3,(H,39,40)(H,41,42);4-7,11H,1-3H3. The van der Waals surface area contributed by atoms with Crippen molar-refractivity contribution in [2.75, 3.05) is 0 Å². The number of hydrogen-bond donors (Lipinski definition) is 5. The molecule has 5 N–H and O–H groups in total. The highest BCUT2D eigenvalue weighted by atomic mass is 16.4. The summed E-state index contributed by atoms with van der Waals surface area (Å²) in [6.07, 6.45) is 4.20. The highest BCUT2D eigenvalue weighted by Crippen LogP contribution is 2.38. The van der Waals surface area contributed by atoms with Crippen LogP contribution in [-0.4, -0.2) is 47.2 Å². The monoisotopic (exact) mass is 712 g/mol. The molecule has 5 heterocycles. The quantitative estimate of drug-likeness (QED) is 0.116. The average Bonchev–Trinajstić information content (AvgIpc) is 3.76. The second-order valence-corrected chi connectivity index (χ2v) is 13.9. The fourth-order valence-corrected chi connectivity index (χ4v) is 6.75. The zero-order valence-corrected chi connectivity index (χ0v) is 31.6. The number of rotatable bonds is 9. The van der Waals surface area contributed by atoms with Crippen molar-refractivity contribution in [3.63, 3.8) is 0 Å². The molecule has 53 heavy (non-hydrogen) atoms. The molecule has 0 amide bonds. The molecule has 0 spiro atoms. The largest absolute Gasteiger partial charge is 0.508 e. The maximum absolute atomic E-state index is 11.5. The van der Waals surface area contributed by atoms with Crippen molar-refractivity contribution < 1.29 is 24.9 Å². The maximum Gasteiger partial charge on any atom is 0.303 e. The lowest BCUT2D eigenvalue weighted by Crippen LogP contribution is -1.97. The van der Waals surface area contributed by atoms with E-state index in [9.17, 15) is 24.9 Å². The third-order valence-corrected chi connectivity index (χ3v) is 10.1. The third-order valence-electron chi connectivity index (χ3n) is 10.1. The number of allylic oxidation sites excluding steroid dienone is 4. The van der Waals surface area contributed by atoms with Gasteiger partial charge >= 0.3 is 11.9 Å². The number of aromatic amines is 2. The first-order valence-corrected chi connectivity index (χ1v) is 17.8. The normalized spacial score (nSPS) is 12.5. The van der Waals surface area contributed by atoms with Gasteiger partial charge in [0, 0.05) is 46.0 Å². The molecule has 0 saturated heterocycles. The molecule has 8 bridgehead atoms. The van der Waals surface area contributed by atoms with Gasteiger partial charge in [-0.05, 0) is 128 Å². The van der Waals surface area contributed by atoms with E-state index >= 15 is 0 Å². The predicted molar refractivity (Wildman–Crippen MR) is 216 cm³/mol. The molecule has 2 aliphatic heterocycles. The topological polar surface area (TPSA) is 152 Å². The van der Waals surface area contributed by atoms with Crippen LogP contribution in [0.15, 0.2) is 55.6 Å². The van der Waals surface area contributed by atoms with E-state index in [1.807, 2.05) is 77.1 Å². The van der Waals surface area contributed by atoms with Gasteiger partial charge in [0.05, 0.1) is 22.8 Å². The Kier molecular flexibility index (Phi) is 11.4. The fourth-order valence-electron chi connectivity index (χ4n) is 6.75. The first-order chi connectivity index (χ1) is 25.1. The summed E-state index contributed by atoms with van der Waals surface area (Å²) in [5, 5.41) is 28.2. The number of aromatic hydroxyl groups is 1. The molecule has 9 heteroatoms. The van der Waals surface area contributed by atoms with Crippen LogP contribution in [0.1, 0.15) is 115 Å². The van der Waals surface area contributed by atoms with E-state index in [-0.39, 0.29) is 12.8 Å². The molecular formula is C44H48N4O5. The van der Waals surface area contributed by atoms with Crippen LogP contribution in [0.4, 0.5) is 0 Å². The van der Waals surface area contributed by atoms with E-state index < -0.39 is 11.9 Å². The fraction of sp³-hybridized carbons (Fsp3) is 0.273. The van der Waals surface area contributed by atoms with Gasteiger partial charge in [-0.2, -0.15) is 0 Å². The van der Waals surface area contributed by atoms with Crippen molar-refractivity contribution >= 4 is 68.4 Å². The Labute approximate surface area is 310 Å². The molecule has 274 valence electrons. The number of fused-ring (bicyclic) bond motifs is 8. The van der Waals surface area contributed by atoms with E-state index in [1.54, 1.807) is 0 Å². The Morgan fingerprint density at radius 2 is 1.13 bits per heavy atom. The van der Waals surface area contributed by atoms with E-state index in [0.717, 1.165) is 83.6 Å². The van der Waals surface area contributed by atoms with Crippen LogP contribution >= 0.6 is 0 Å². The second-order valence-electron chi connectivity index (χ2n) is 13.9. The molecule has 0 unspecified atom stereocenters. The van der Waals surface area contributed by atoms with Crippen molar-refractivity contribution in [3.05, 3.63) is 112 Å². The van der Waals surface area contributed by atoms with Gasteiger partial charge in [-0.25, -0.2) is 9.97 Å². The lowest BCUT2D eigenvalue weighted by molar-refractivity contribution is -0.137. The number of aliphatic carboxylic acids is 2. The van der Waals surface area contributed by atoms with Crippen LogP contribution in [0.25, 0.3) is 56.5 Å². The number of phenols is 1. The van der Waals surface area contributed by atoms with Crippen molar-refractivity contribution in [1.82, 2.24) is 19.9 Å². The highest BCUT2D eigenvalue weighted by Gasteiger charge is 2.22. The summed E-state index contributed by atoms with van der Waals surface area (Å²) in [5.41, 5.74) is 15.8. The summed E-state index contributed by atoms with van der Waals surface area (Å²) < 4.78 is 0. The van der Waals surface area contributed by atoms with Crippen molar-refractivity contribution in [3.8, 4) is 5.75 Å². The summed E-state index contributed by atoms with van der Waals surface area (Å²) in [6.45, 7) is 22.2. The molecule has 0 atom stereocenters. The summed E-state index contributed by atoms with van der Waals surface area (Å²) in [4.78, 5) is 40.0. The van der Waals surface area contributed by atoms with Gasteiger partial charge in [0.15, 0.2) is 0 Å². The zero-order chi connectivity index (χ0) is 38.7. The SMILES string of the molecule is C=Cc1c(C)c2cc3[nH]c(cc4nc(cc5nc(cc1[nH]2)C(C)=C5CCC(=O)O)C(CCC(=O)O)=C4C)c(C)c3C=C.Cc1ccc(C(C)C)cc1O. The van der Waals surface area contributed by atoms with Gasteiger partial charge < -0.3 is 25.3 Å². The van der Waals surface area contributed by atoms with Crippen molar-refractivity contribution in [2.24, 2.45) is 0 Å². The second kappa shape index (κ2) is 15.7. The number of H-pyrrole nitrogens is 2. The van der Waals surface area contributed by atoms with E-state index in [0.29, 0.717) is 35.9 Å². The van der Waals surface area contributed by atoms with Crippen molar-refractivity contribution in [1.29, 1.82) is 0 Å². The van der Waals surface area contributed by atoms with Gasteiger partial charge in [0.25, 0.3) is 0 Å². The molecule has 1 aromatic carbocycles. The number of phenolic OH excluding ortho intramolecular Hbond substituents is 1. The Morgan fingerprint density at radius 1 is 0.679 bits per heavy atom. The lowest BCUT2D eigenvalue weighted by atomic mass is 9.98. The van der Waals surface area contributed by atoms with Gasteiger partial charge in [0.2, 0.25) is 0 Å². The summed E-state index contributed by atoms with van der Waals surface area (Å²) in [6, 6.07) is 13.7. The first-order valence-electron chi connectivity index (χ1n) is 17.8. The van der Waals surface area contributed by atoms with E-state index in [1.165, 1.54) is 5.56 Å². The third kappa shape index (κ3) is 8.09. The van der Waals surface area contributed by atoms with Crippen LogP contribution in [0.2, 0.25) is 0 Å². The molecule has 2 aliphatic rings. The van der Waals surface area contributed by atoms with Gasteiger partial charge in [-0.3, -0.25) is 9.59 Å². The Bertz CT molecular complexity index is 2390. The van der Waals surface area contributed by atoms with Crippen LogP contribution in [0, 0.1) is 20.8 Å². The van der Waals surface area contributed by atoms with Crippen LogP contribution in [0.5, 0.6) is 5.75 Å². The number of aromatic nitrogens is 4. The molecule has 9 nitrogen and oxygen atoms in total. The summed E-state index contributed by atoms with van der Waals surface area (Å²) in [5.74, 6) is -0.890. The smallest absolute Gasteiger partial charge is 0.303 e. The number of carboxylic acid groups (broad SMARTS) is 2. The first kappa shape index (κ1) is 38.3. The molecule has 3 aromatic heterocycles. The maximum atomic E-state index is 11.5. The summed E-state index contributed by atoms with van der Waals surface area (Å²) >= 11 is 0.